The van der Waals surface area contributed by atoms with E-state index in [0.29, 0.717) is 23.6 Å². The van der Waals surface area contributed by atoms with Crippen molar-refractivity contribution in [1.82, 2.24) is 15.0 Å². The van der Waals surface area contributed by atoms with Gasteiger partial charge in [-0.2, -0.15) is 11.8 Å². The van der Waals surface area contributed by atoms with Crippen LogP contribution in [0.2, 0.25) is 0 Å². The quantitative estimate of drug-likeness (QED) is 0.658. The topological polar surface area (TPSA) is 98.2 Å². The van der Waals surface area contributed by atoms with Crippen molar-refractivity contribution < 1.29 is 17.5 Å². The Hall–Kier alpha value is -1.84. The maximum absolute atomic E-state index is 12.3. The van der Waals surface area contributed by atoms with E-state index in [2.05, 4.69) is 19.7 Å². The third kappa shape index (κ3) is 3.32. The number of thioether (sulfide) groups is 1. The molecule has 22 heavy (non-hydrogen) atoms. The van der Waals surface area contributed by atoms with Gasteiger partial charge in [-0.15, -0.1) is 0 Å². The highest BCUT2D eigenvalue weighted by Gasteiger charge is 2.19. The summed E-state index contributed by atoms with van der Waals surface area (Å²) in [7, 11) is -3.64. The summed E-state index contributed by atoms with van der Waals surface area (Å²) < 4.78 is 36.9. The summed E-state index contributed by atoms with van der Waals surface area (Å²) in [5, 5.41) is 7.28. The molecule has 0 amide bonds. The fourth-order valence-corrected chi connectivity index (χ4v) is 3.96. The second-order valence-corrected chi connectivity index (χ2v) is 7.26. The Labute approximate surface area is 131 Å². The fraction of sp³-hybridized carbons (Fsp3) is 0.231. The summed E-state index contributed by atoms with van der Waals surface area (Å²) >= 11 is 1.58. The number of aromatic nitrogens is 2. The first-order valence-corrected chi connectivity index (χ1v) is 9.12. The van der Waals surface area contributed by atoms with E-state index in [1.165, 1.54) is 6.07 Å². The van der Waals surface area contributed by atoms with Gasteiger partial charge in [0.05, 0.1) is 12.0 Å². The molecule has 0 unspecified atom stereocenters. The van der Waals surface area contributed by atoms with Gasteiger partial charge in [0.15, 0.2) is 5.52 Å². The molecule has 3 aromatic rings. The number of hydrogen-bond donors (Lipinski definition) is 1. The monoisotopic (exact) mass is 339 g/mol. The van der Waals surface area contributed by atoms with Crippen molar-refractivity contribution in [2.45, 2.75) is 10.6 Å². The lowest BCUT2D eigenvalue weighted by Gasteiger charge is -2.06. The van der Waals surface area contributed by atoms with Crippen LogP contribution in [0.4, 0.5) is 0 Å². The second kappa shape index (κ2) is 6.51. The summed E-state index contributed by atoms with van der Waals surface area (Å²) in [6.45, 7) is 0.315. The van der Waals surface area contributed by atoms with E-state index in [4.69, 9.17) is 4.42 Å². The highest BCUT2D eigenvalue weighted by molar-refractivity contribution is 7.98. The maximum Gasteiger partial charge on any atom is 0.242 e. The lowest BCUT2D eigenvalue weighted by atomic mass is 10.3. The standard InChI is InChI=1S/C13H13N3O4S2/c17-22(18,12-5-1-4-11-13(12)16-20-15-11)14-6-8-21-9-10-3-2-7-19-10/h1-5,7,14H,6,8-9H2. The molecular weight excluding hydrogens is 326 g/mol. The van der Waals surface area contributed by atoms with Gasteiger partial charge in [0.25, 0.3) is 0 Å². The molecule has 0 saturated carbocycles. The number of nitrogens with one attached hydrogen (secondary N) is 1. The van der Waals surface area contributed by atoms with Gasteiger partial charge in [-0.1, -0.05) is 6.07 Å². The molecule has 0 aliphatic rings. The van der Waals surface area contributed by atoms with Gasteiger partial charge in [-0.3, -0.25) is 0 Å². The first kappa shape index (κ1) is 15.1. The number of rotatable bonds is 7. The third-order valence-corrected chi connectivity index (χ3v) is 5.38. The lowest BCUT2D eigenvalue weighted by Crippen LogP contribution is -2.26. The molecule has 9 heteroatoms. The SMILES string of the molecule is O=S(=O)(NCCSCc1ccco1)c1cccc2nonc12. The molecule has 0 fully saturated rings. The van der Waals surface area contributed by atoms with Crippen LogP contribution in [0.15, 0.2) is 50.5 Å². The minimum Gasteiger partial charge on any atom is -0.468 e. The van der Waals surface area contributed by atoms with E-state index in [9.17, 15) is 8.42 Å². The molecule has 0 spiro atoms. The Kier molecular flexibility index (Phi) is 4.46. The minimum absolute atomic E-state index is 0.0716. The third-order valence-electron chi connectivity index (χ3n) is 2.90. The van der Waals surface area contributed by atoms with Crippen molar-refractivity contribution >= 4 is 32.8 Å². The molecule has 2 heterocycles. The number of benzene rings is 1. The summed E-state index contributed by atoms with van der Waals surface area (Å²) in [5.41, 5.74) is 0.647. The molecule has 0 aliphatic carbocycles. The number of hydrogen-bond acceptors (Lipinski definition) is 7. The Morgan fingerprint density at radius 3 is 2.91 bits per heavy atom. The Balaban J connectivity index is 1.58. The van der Waals surface area contributed by atoms with Gasteiger partial charge >= 0.3 is 0 Å². The summed E-state index contributed by atoms with van der Waals surface area (Å²) in [4.78, 5) is 0.0716. The van der Waals surface area contributed by atoms with E-state index >= 15 is 0 Å². The number of fused-ring (bicyclic) bond motifs is 1. The zero-order chi connectivity index (χ0) is 15.4. The van der Waals surface area contributed by atoms with Crippen LogP contribution in [-0.4, -0.2) is 31.0 Å². The summed E-state index contributed by atoms with van der Waals surface area (Å²) in [6, 6.07) is 8.43. The van der Waals surface area contributed by atoms with Crippen LogP contribution in [0.5, 0.6) is 0 Å². The lowest BCUT2D eigenvalue weighted by molar-refractivity contribution is 0.315. The smallest absolute Gasteiger partial charge is 0.242 e. The van der Waals surface area contributed by atoms with Gasteiger partial charge in [0, 0.05) is 12.3 Å². The largest absolute Gasteiger partial charge is 0.468 e. The molecule has 1 N–H and O–H groups in total. The Bertz CT molecular complexity index is 843. The van der Waals surface area contributed by atoms with E-state index in [1.807, 2.05) is 12.1 Å². The van der Waals surface area contributed by atoms with E-state index in [1.54, 1.807) is 30.2 Å². The van der Waals surface area contributed by atoms with E-state index < -0.39 is 10.0 Å². The van der Waals surface area contributed by atoms with E-state index in [-0.39, 0.29) is 10.4 Å². The zero-order valence-electron chi connectivity index (χ0n) is 11.4. The second-order valence-electron chi connectivity index (χ2n) is 4.42. The fourth-order valence-electron chi connectivity index (χ4n) is 1.89. The van der Waals surface area contributed by atoms with Crippen molar-refractivity contribution in [3.05, 3.63) is 42.4 Å². The van der Waals surface area contributed by atoms with Crippen LogP contribution in [-0.2, 0) is 15.8 Å². The predicted octanol–water partition coefficient (Wildman–Crippen LogP) is 2.03. The highest BCUT2D eigenvalue weighted by atomic mass is 32.2. The van der Waals surface area contributed by atoms with Gasteiger partial charge in [0.1, 0.15) is 16.2 Å². The van der Waals surface area contributed by atoms with Crippen molar-refractivity contribution in [3.63, 3.8) is 0 Å². The van der Waals surface area contributed by atoms with Gasteiger partial charge in [0.2, 0.25) is 10.0 Å². The molecule has 116 valence electrons. The molecule has 0 atom stereocenters. The molecule has 0 radical (unpaired) electrons. The Morgan fingerprint density at radius 1 is 1.18 bits per heavy atom. The van der Waals surface area contributed by atoms with Gasteiger partial charge in [-0.05, 0) is 34.6 Å². The first-order chi connectivity index (χ1) is 10.7. The number of furan rings is 1. The van der Waals surface area contributed by atoms with E-state index in [0.717, 1.165) is 5.76 Å². The van der Waals surface area contributed by atoms with Gasteiger partial charge in [-0.25, -0.2) is 17.8 Å². The first-order valence-electron chi connectivity index (χ1n) is 6.48. The van der Waals surface area contributed by atoms with Crippen LogP contribution in [0.1, 0.15) is 5.76 Å². The Morgan fingerprint density at radius 2 is 2.09 bits per heavy atom. The molecule has 7 nitrogen and oxygen atoms in total. The highest BCUT2D eigenvalue weighted by Crippen LogP contribution is 2.19. The van der Waals surface area contributed by atoms with Crippen LogP contribution in [0, 0.1) is 0 Å². The molecule has 2 aromatic heterocycles. The van der Waals surface area contributed by atoms with Crippen molar-refractivity contribution in [3.8, 4) is 0 Å². The number of nitrogens with zero attached hydrogens (tertiary/aromatic N) is 2. The van der Waals surface area contributed by atoms with Crippen molar-refractivity contribution in [2.75, 3.05) is 12.3 Å². The van der Waals surface area contributed by atoms with Crippen molar-refractivity contribution in [1.29, 1.82) is 0 Å². The minimum atomic E-state index is -3.64. The molecule has 0 saturated heterocycles. The summed E-state index contributed by atoms with van der Waals surface area (Å²) in [5.74, 6) is 2.20. The molecule has 0 aliphatic heterocycles. The maximum atomic E-state index is 12.3. The predicted molar refractivity (Wildman–Crippen MR) is 81.9 cm³/mol. The number of sulfonamides is 1. The van der Waals surface area contributed by atoms with Crippen molar-refractivity contribution in [2.24, 2.45) is 0 Å². The van der Waals surface area contributed by atoms with Crippen LogP contribution in [0.3, 0.4) is 0 Å². The molecular formula is C13H13N3O4S2. The molecule has 1 aromatic carbocycles. The normalized spacial score (nSPS) is 12.0. The van der Waals surface area contributed by atoms with Crippen LogP contribution < -0.4 is 4.72 Å². The van der Waals surface area contributed by atoms with Crippen LogP contribution in [0.25, 0.3) is 11.0 Å². The van der Waals surface area contributed by atoms with Gasteiger partial charge < -0.3 is 4.42 Å². The summed E-state index contributed by atoms with van der Waals surface area (Å²) in [6.07, 6.45) is 1.62. The average Bonchev–Trinajstić information content (AvgIpc) is 3.17. The molecule has 0 bridgehead atoms. The molecule has 3 rings (SSSR count). The zero-order valence-corrected chi connectivity index (χ0v) is 13.1. The average molecular weight is 339 g/mol. The van der Waals surface area contributed by atoms with Crippen LogP contribution >= 0.6 is 11.8 Å².